The van der Waals surface area contributed by atoms with Crippen LogP contribution in [-0.2, 0) is 13.1 Å². The lowest BCUT2D eigenvalue weighted by Crippen LogP contribution is -2.36. The van der Waals surface area contributed by atoms with Gasteiger partial charge in [-0.3, -0.25) is 4.90 Å². The van der Waals surface area contributed by atoms with Crippen molar-refractivity contribution in [3.8, 4) is 0 Å². The summed E-state index contributed by atoms with van der Waals surface area (Å²) in [5.41, 5.74) is 1.38. The second-order valence-corrected chi connectivity index (χ2v) is 8.39. The number of nitrogens with one attached hydrogen (secondary N) is 1. The van der Waals surface area contributed by atoms with Crippen LogP contribution in [-0.4, -0.2) is 34.5 Å². The minimum atomic E-state index is 0.124. The molecule has 0 spiro atoms. The first-order valence-corrected chi connectivity index (χ1v) is 8.55. The molecule has 0 amide bonds. The van der Waals surface area contributed by atoms with Gasteiger partial charge in [0.2, 0.25) is 0 Å². The summed E-state index contributed by atoms with van der Waals surface area (Å²) in [5, 5.41) is 4.23. The van der Waals surface area contributed by atoms with E-state index in [1.54, 1.807) is 0 Å². The van der Waals surface area contributed by atoms with Gasteiger partial charge in [0, 0.05) is 29.6 Å². The van der Waals surface area contributed by atoms with Crippen molar-refractivity contribution >= 4 is 11.8 Å². The topological polar surface area (TPSA) is 28.4 Å². The van der Waals surface area contributed by atoms with E-state index in [9.17, 15) is 0 Å². The smallest absolute Gasteiger partial charge is 0.120 e. The van der Waals surface area contributed by atoms with Crippen molar-refractivity contribution in [1.29, 1.82) is 0 Å². The normalized spacial score (nSPS) is 21.4. The molecular formula is C16H28N2OS. The quantitative estimate of drug-likeness (QED) is 0.921. The van der Waals surface area contributed by atoms with Crippen LogP contribution in [0.5, 0.6) is 0 Å². The second-order valence-electron chi connectivity index (χ2n) is 6.84. The third kappa shape index (κ3) is 4.83. The van der Waals surface area contributed by atoms with Crippen LogP contribution in [0.15, 0.2) is 10.5 Å². The minimum Gasteiger partial charge on any atom is -0.463 e. The summed E-state index contributed by atoms with van der Waals surface area (Å²) in [7, 11) is 0. The molecule has 0 aliphatic carbocycles. The molecule has 20 heavy (non-hydrogen) atoms. The maximum atomic E-state index is 6.04. The van der Waals surface area contributed by atoms with E-state index >= 15 is 0 Å². The lowest BCUT2D eigenvalue weighted by atomic mass is 10.1. The largest absolute Gasteiger partial charge is 0.463 e. The molecule has 1 saturated heterocycles. The van der Waals surface area contributed by atoms with Gasteiger partial charge in [-0.25, -0.2) is 0 Å². The Morgan fingerprint density at radius 1 is 1.45 bits per heavy atom. The molecule has 1 atom stereocenters. The standard InChI is InChI=1S/C16H28N2OS/c1-12-8-14(11-18-6-7-20-13(2)10-18)19-15(12)9-17-16(3,4)5/h8,13,17H,6-7,9-11H2,1-5H3. The molecule has 1 aromatic heterocycles. The van der Waals surface area contributed by atoms with E-state index in [2.05, 4.69) is 62.7 Å². The summed E-state index contributed by atoms with van der Waals surface area (Å²) in [5.74, 6) is 3.42. The van der Waals surface area contributed by atoms with E-state index in [0.717, 1.165) is 29.9 Å². The van der Waals surface area contributed by atoms with Crippen molar-refractivity contribution in [2.24, 2.45) is 0 Å². The Morgan fingerprint density at radius 3 is 2.85 bits per heavy atom. The summed E-state index contributed by atoms with van der Waals surface area (Å²) < 4.78 is 6.04. The van der Waals surface area contributed by atoms with Gasteiger partial charge in [0.15, 0.2) is 0 Å². The average Bonchev–Trinajstić information content (AvgIpc) is 2.66. The minimum absolute atomic E-state index is 0.124. The molecule has 3 nitrogen and oxygen atoms in total. The van der Waals surface area contributed by atoms with Crippen molar-refractivity contribution in [3.63, 3.8) is 0 Å². The van der Waals surface area contributed by atoms with Crippen LogP contribution in [0.4, 0.5) is 0 Å². The van der Waals surface area contributed by atoms with Crippen LogP contribution in [0.25, 0.3) is 0 Å². The third-order valence-corrected chi connectivity index (χ3v) is 4.69. The molecule has 114 valence electrons. The number of hydrogen-bond donors (Lipinski definition) is 1. The first kappa shape index (κ1) is 15.9. The lowest BCUT2D eigenvalue weighted by Gasteiger charge is -2.29. The number of rotatable bonds is 4. The number of aryl methyl sites for hydroxylation is 1. The van der Waals surface area contributed by atoms with Crippen LogP contribution in [0.1, 0.15) is 44.8 Å². The number of furan rings is 1. The fourth-order valence-electron chi connectivity index (χ4n) is 2.44. The summed E-state index contributed by atoms with van der Waals surface area (Å²) in [6.07, 6.45) is 0. The summed E-state index contributed by atoms with van der Waals surface area (Å²) in [6.45, 7) is 15.1. The first-order valence-electron chi connectivity index (χ1n) is 7.50. The first-order chi connectivity index (χ1) is 9.33. The molecule has 2 heterocycles. The van der Waals surface area contributed by atoms with Gasteiger partial charge >= 0.3 is 0 Å². The number of nitrogens with zero attached hydrogens (tertiary/aromatic N) is 1. The van der Waals surface area contributed by atoms with Crippen molar-refractivity contribution in [1.82, 2.24) is 10.2 Å². The third-order valence-electron chi connectivity index (χ3n) is 3.56. The molecule has 2 rings (SSSR count). The van der Waals surface area contributed by atoms with E-state index in [0.29, 0.717) is 0 Å². The Labute approximate surface area is 127 Å². The Hall–Kier alpha value is -0.450. The Kier molecular flexibility index (Phi) is 5.21. The molecular weight excluding hydrogens is 268 g/mol. The summed E-state index contributed by atoms with van der Waals surface area (Å²) in [6, 6.07) is 2.20. The number of thioether (sulfide) groups is 1. The molecule has 1 N–H and O–H groups in total. The molecule has 0 radical (unpaired) electrons. The zero-order valence-corrected chi connectivity index (χ0v) is 14.3. The van der Waals surface area contributed by atoms with Crippen LogP contribution in [0.2, 0.25) is 0 Å². The van der Waals surface area contributed by atoms with E-state index in [1.807, 2.05) is 0 Å². The van der Waals surface area contributed by atoms with Crippen LogP contribution in [0.3, 0.4) is 0 Å². The molecule has 0 bridgehead atoms. The average molecular weight is 296 g/mol. The molecule has 1 unspecified atom stereocenters. The van der Waals surface area contributed by atoms with Crippen LogP contribution in [0, 0.1) is 6.92 Å². The van der Waals surface area contributed by atoms with Gasteiger partial charge in [-0.1, -0.05) is 6.92 Å². The van der Waals surface area contributed by atoms with Crippen molar-refractivity contribution in [2.75, 3.05) is 18.8 Å². The van der Waals surface area contributed by atoms with E-state index < -0.39 is 0 Å². The lowest BCUT2D eigenvalue weighted by molar-refractivity contribution is 0.250. The predicted molar refractivity (Wildman–Crippen MR) is 87.2 cm³/mol. The van der Waals surface area contributed by atoms with Crippen molar-refractivity contribution in [2.45, 2.75) is 58.5 Å². The Balaban J connectivity index is 1.93. The predicted octanol–water partition coefficient (Wildman–Crippen LogP) is 3.41. The maximum Gasteiger partial charge on any atom is 0.120 e. The Morgan fingerprint density at radius 2 is 2.20 bits per heavy atom. The van der Waals surface area contributed by atoms with Gasteiger partial charge < -0.3 is 9.73 Å². The van der Waals surface area contributed by atoms with E-state index in [-0.39, 0.29) is 5.54 Å². The van der Waals surface area contributed by atoms with Gasteiger partial charge in [-0.2, -0.15) is 11.8 Å². The molecule has 0 aromatic carbocycles. The van der Waals surface area contributed by atoms with Gasteiger partial charge in [-0.15, -0.1) is 0 Å². The van der Waals surface area contributed by atoms with Gasteiger partial charge in [0.25, 0.3) is 0 Å². The molecule has 1 aliphatic rings. The summed E-state index contributed by atoms with van der Waals surface area (Å²) >= 11 is 2.07. The second kappa shape index (κ2) is 6.54. The zero-order chi connectivity index (χ0) is 14.8. The monoisotopic (exact) mass is 296 g/mol. The summed E-state index contributed by atoms with van der Waals surface area (Å²) in [4.78, 5) is 2.50. The SMILES string of the molecule is Cc1cc(CN2CCSC(C)C2)oc1CNC(C)(C)C. The highest BCUT2D eigenvalue weighted by Crippen LogP contribution is 2.22. The molecule has 4 heteroatoms. The maximum absolute atomic E-state index is 6.04. The van der Waals surface area contributed by atoms with Crippen molar-refractivity contribution in [3.05, 3.63) is 23.2 Å². The van der Waals surface area contributed by atoms with Gasteiger partial charge in [0.05, 0.1) is 13.1 Å². The fraction of sp³-hybridized carbons (Fsp3) is 0.750. The van der Waals surface area contributed by atoms with E-state index in [1.165, 1.54) is 24.4 Å². The highest BCUT2D eigenvalue weighted by atomic mass is 32.2. The fourth-order valence-corrected chi connectivity index (χ4v) is 3.53. The molecule has 1 aromatic rings. The van der Waals surface area contributed by atoms with Crippen molar-refractivity contribution < 1.29 is 4.42 Å². The molecule has 1 aliphatic heterocycles. The molecule has 1 fully saturated rings. The van der Waals surface area contributed by atoms with Crippen LogP contribution >= 0.6 is 11.8 Å². The zero-order valence-electron chi connectivity index (χ0n) is 13.5. The highest BCUT2D eigenvalue weighted by molar-refractivity contribution is 7.99. The van der Waals surface area contributed by atoms with Gasteiger partial charge in [0.1, 0.15) is 11.5 Å². The molecule has 0 saturated carbocycles. The van der Waals surface area contributed by atoms with E-state index in [4.69, 9.17) is 4.42 Å². The highest BCUT2D eigenvalue weighted by Gasteiger charge is 2.19. The number of hydrogen-bond acceptors (Lipinski definition) is 4. The van der Waals surface area contributed by atoms with Crippen LogP contribution < -0.4 is 5.32 Å². The van der Waals surface area contributed by atoms with Gasteiger partial charge in [-0.05, 0) is 39.3 Å². The Bertz CT molecular complexity index is 436.